The number of nitrogens with one attached hydrogen (secondary N) is 3. The van der Waals surface area contributed by atoms with Crippen molar-refractivity contribution in [3.8, 4) is 0 Å². The molecule has 0 saturated heterocycles. The summed E-state index contributed by atoms with van der Waals surface area (Å²) < 4.78 is 0. The fraction of sp³-hybridized carbons (Fsp3) is 0.125. The summed E-state index contributed by atoms with van der Waals surface area (Å²) in [6.07, 6.45) is 0. The van der Waals surface area contributed by atoms with E-state index in [9.17, 15) is 4.79 Å². The molecule has 1 aromatic carbocycles. The number of carbonyl (C=O) groups excluding carboxylic acids is 1. The van der Waals surface area contributed by atoms with E-state index in [2.05, 4.69) is 16.0 Å². The van der Waals surface area contributed by atoms with Gasteiger partial charge in [-0.3, -0.25) is 4.79 Å². The summed E-state index contributed by atoms with van der Waals surface area (Å²) in [5, 5.41) is 12.2. The molecule has 4 nitrogen and oxygen atoms in total. The predicted molar refractivity (Wildman–Crippen MR) is 98.7 cm³/mol. The van der Waals surface area contributed by atoms with Crippen molar-refractivity contribution < 1.29 is 4.79 Å². The third-order valence-corrected chi connectivity index (χ3v) is 4.85. The van der Waals surface area contributed by atoms with E-state index in [-0.39, 0.29) is 11.9 Å². The lowest BCUT2D eigenvalue weighted by Crippen LogP contribution is -2.45. The van der Waals surface area contributed by atoms with Crippen molar-refractivity contribution in [1.29, 1.82) is 0 Å². The van der Waals surface area contributed by atoms with Crippen LogP contribution in [0, 0.1) is 0 Å². The van der Waals surface area contributed by atoms with Gasteiger partial charge in [-0.25, -0.2) is 0 Å². The van der Waals surface area contributed by atoms with Crippen molar-refractivity contribution in [2.24, 2.45) is 0 Å². The third kappa shape index (κ3) is 3.55. The van der Waals surface area contributed by atoms with Crippen LogP contribution in [0.5, 0.6) is 0 Å². The highest BCUT2D eigenvalue weighted by Gasteiger charge is 2.30. The molecular weight excluding hydrogens is 350 g/mol. The Kier molecular flexibility index (Phi) is 4.66. The second-order valence-electron chi connectivity index (χ2n) is 5.05. The van der Waals surface area contributed by atoms with Gasteiger partial charge in [-0.15, -0.1) is 11.3 Å². The van der Waals surface area contributed by atoms with Gasteiger partial charge < -0.3 is 16.0 Å². The van der Waals surface area contributed by atoms with E-state index in [1.165, 1.54) is 0 Å². The first kappa shape index (κ1) is 16.0. The molecule has 0 unspecified atom stereocenters. The molecule has 7 heteroatoms. The van der Waals surface area contributed by atoms with Gasteiger partial charge in [0.15, 0.2) is 5.11 Å². The summed E-state index contributed by atoms with van der Waals surface area (Å²) in [4.78, 5) is 13.8. The first-order chi connectivity index (χ1) is 11.0. The fourth-order valence-corrected chi connectivity index (χ4v) is 3.58. The first-order valence-electron chi connectivity index (χ1n) is 6.93. The monoisotopic (exact) mass is 363 g/mol. The van der Waals surface area contributed by atoms with E-state index in [4.69, 9.17) is 23.8 Å². The van der Waals surface area contributed by atoms with Crippen molar-refractivity contribution in [2.75, 3.05) is 5.32 Å². The van der Waals surface area contributed by atoms with Gasteiger partial charge in [0.1, 0.15) is 0 Å². The Bertz CT molecular complexity index is 769. The standard InChI is InChI=1S/C16H14ClN3OS2/c1-9-13(15(21)19-11-6-4-10(17)5-7-11)14(20-16(22)18-9)12-3-2-8-23-12/h2-8,14H,1H3,(H,19,21)(H2,18,20,22)/t14-/m0/s1. The number of anilines is 1. The molecule has 0 saturated carbocycles. The molecule has 0 radical (unpaired) electrons. The van der Waals surface area contributed by atoms with E-state index in [0.29, 0.717) is 21.4 Å². The van der Waals surface area contributed by atoms with Crippen molar-refractivity contribution in [2.45, 2.75) is 13.0 Å². The first-order valence-corrected chi connectivity index (χ1v) is 8.60. The summed E-state index contributed by atoms with van der Waals surface area (Å²) in [7, 11) is 0. The second kappa shape index (κ2) is 6.70. The number of carbonyl (C=O) groups is 1. The van der Waals surface area contributed by atoms with Crippen LogP contribution < -0.4 is 16.0 Å². The normalized spacial score (nSPS) is 17.5. The SMILES string of the molecule is CC1=C(C(=O)Nc2ccc(Cl)cc2)[C@H](c2cccs2)NC(=S)N1. The van der Waals surface area contributed by atoms with Crippen LogP contribution in [0.3, 0.4) is 0 Å². The molecule has 1 aromatic heterocycles. The zero-order valence-electron chi connectivity index (χ0n) is 12.2. The Hall–Kier alpha value is -1.89. The van der Waals surface area contributed by atoms with Gasteiger partial charge in [0.25, 0.3) is 5.91 Å². The molecule has 0 spiro atoms. The summed E-state index contributed by atoms with van der Waals surface area (Å²) >= 11 is 12.7. The number of rotatable bonds is 3. The minimum absolute atomic E-state index is 0.175. The van der Waals surface area contributed by atoms with E-state index < -0.39 is 0 Å². The van der Waals surface area contributed by atoms with Crippen molar-refractivity contribution in [1.82, 2.24) is 10.6 Å². The molecular formula is C16H14ClN3OS2. The largest absolute Gasteiger partial charge is 0.350 e. The Morgan fingerprint density at radius 3 is 2.70 bits per heavy atom. The number of thiophene rings is 1. The Morgan fingerprint density at radius 1 is 1.30 bits per heavy atom. The number of hydrogen-bond donors (Lipinski definition) is 3. The van der Waals surface area contributed by atoms with Crippen LogP contribution in [-0.4, -0.2) is 11.0 Å². The summed E-state index contributed by atoms with van der Waals surface area (Å²) in [6.45, 7) is 1.85. The maximum atomic E-state index is 12.8. The number of thiocarbonyl (C=S) groups is 1. The van der Waals surface area contributed by atoms with Crippen molar-refractivity contribution >= 4 is 51.9 Å². The lowest BCUT2D eigenvalue weighted by molar-refractivity contribution is -0.113. The topological polar surface area (TPSA) is 53.2 Å². The van der Waals surface area contributed by atoms with Gasteiger partial charge in [-0.1, -0.05) is 17.7 Å². The van der Waals surface area contributed by atoms with Crippen LogP contribution in [-0.2, 0) is 4.79 Å². The Labute approximate surface area is 148 Å². The van der Waals surface area contributed by atoms with E-state index in [1.807, 2.05) is 24.4 Å². The molecule has 0 aliphatic carbocycles. The van der Waals surface area contributed by atoms with Crippen LogP contribution in [0.2, 0.25) is 5.02 Å². The zero-order chi connectivity index (χ0) is 16.4. The van der Waals surface area contributed by atoms with Gasteiger partial charge in [0.2, 0.25) is 0 Å². The average Bonchev–Trinajstić information content (AvgIpc) is 3.03. The molecule has 118 valence electrons. The molecule has 23 heavy (non-hydrogen) atoms. The highest BCUT2D eigenvalue weighted by atomic mass is 35.5. The van der Waals surface area contributed by atoms with Gasteiger partial charge in [-0.2, -0.15) is 0 Å². The second-order valence-corrected chi connectivity index (χ2v) is 6.87. The highest BCUT2D eigenvalue weighted by molar-refractivity contribution is 7.80. The molecule has 2 aromatic rings. The summed E-state index contributed by atoms with van der Waals surface area (Å²) in [6, 6.07) is 10.7. The van der Waals surface area contributed by atoms with Crippen molar-refractivity contribution in [3.05, 3.63) is 62.9 Å². The van der Waals surface area contributed by atoms with Gasteiger partial charge in [-0.05, 0) is 54.9 Å². The average molecular weight is 364 g/mol. The van der Waals surface area contributed by atoms with Crippen LogP contribution in [0.4, 0.5) is 5.69 Å². The quantitative estimate of drug-likeness (QED) is 0.725. The summed E-state index contributed by atoms with van der Waals surface area (Å²) in [5.41, 5.74) is 2.06. The number of allylic oxidation sites excluding steroid dienone is 1. The predicted octanol–water partition coefficient (Wildman–Crippen LogP) is 3.83. The number of benzene rings is 1. The molecule has 3 N–H and O–H groups in total. The molecule has 3 rings (SSSR count). The molecule has 1 aliphatic heterocycles. The smallest absolute Gasteiger partial charge is 0.255 e. The number of hydrogen-bond acceptors (Lipinski definition) is 3. The number of amides is 1. The molecule has 1 amide bonds. The maximum absolute atomic E-state index is 12.8. The maximum Gasteiger partial charge on any atom is 0.255 e. The lowest BCUT2D eigenvalue weighted by Gasteiger charge is -2.29. The van der Waals surface area contributed by atoms with E-state index >= 15 is 0 Å². The van der Waals surface area contributed by atoms with Gasteiger partial charge >= 0.3 is 0 Å². The van der Waals surface area contributed by atoms with Crippen LogP contribution >= 0.6 is 35.2 Å². The van der Waals surface area contributed by atoms with E-state index in [0.717, 1.165) is 10.6 Å². The third-order valence-electron chi connectivity index (χ3n) is 3.44. The van der Waals surface area contributed by atoms with Gasteiger partial charge in [0.05, 0.1) is 11.6 Å². The molecule has 2 heterocycles. The minimum atomic E-state index is -0.254. The van der Waals surface area contributed by atoms with Crippen LogP contribution in [0.1, 0.15) is 17.8 Å². The van der Waals surface area contributed by atoms with Crippen LogP contribution in [0.25, 0.3) is 0 Å². The van der Waals surface area contributed by atoms with E-state index in [1.54, 1.807) is 35.6 Å². The van der Waals surface area contributed by atoms with Crippen LogP contribution in [0.15, 0.2) is 53.0 Å². The molecule has 0 fully saturated rings. The fourth-order valence-electron chi connectivity index (χ4n) is 2.40. The Balaban J connectivity index is 1.90. The lowest BCUT2D eigenvalue weighted by atomic mass is 10.0. The number of halogens is 1. The Morgan fingerprint density at radius 2 is 2.04 bits per heavy atom. The molecule has 0 bridgehead atoms. The molecule has 1 atom stereocenters. The van der Waals surface area contributed by atoms with Gasteiger partial charge in [0, 0.05) is 21.3 Å². The molecule has 1 aliphatic rings. The summed E-state index contributed by atoms with van der Waals surface area (Å²) in [5.74, 6) is -0.175. The van der Waals surface area contributed by atoms with Crippen molar-refractivity contribution in [3.63, 3.8) is 0 Å². The zero-order valence-corrected chi connectivity index (χ0v) is 14.6. The minimum Gasteiger partial charge on any atom is -0.350 e. The highest BCUT2D eigenvalue weighted by Crippen LogP contribution is 2.30.